The van der Waals surface area contributed by atoms with E-state index in [0.29, 0.717) is 38.0 Å². The lowest BCUT2D eigenvalue weighted by atomic mass is 9.48. The molecule has 1 saturated carbocycles. The van der Waals surface area contributed by atoms with Crippen molar-refractivity contribution < 1.29 is 24.2 Å². The predicted molar refractivity (Wildman–Crippen MR) is 140 cm³/mol. The van der Waals surface area contributed by atoms with Crippen LogP contribution in [0.25, 0.3) is 6.08 Å². The molecule has 2 fully saturated rings. The number of benzene rings is 1. The molecule has 1 saturated heterocycles. The van der Waals surface area contributed by atoms with E-state index in [-0.39, 0.29) is 29.7 Å². The van der Waals surface area contributed by atoms with Gasteiger partial charge < -0.3 is 24.3 Å². The molecular formula is C30H36N2O5. The van der Waals surface area contributed by atoms with Gasteiger partial charge in [-0.05, 0) is 61.9 Å². The SMILES string of the molecule is C=CCN1CC[C@]23c4c5ccc(O)c4O[C@H]2[C@@H](N(CC(C)C)C(=O)/C=C/c2ccoc2)CC[C@@]3(O)[C@H]1C5. The molecule has 1 amide bonds. The van der Waals surface area contributed by atoms with Gasteiger partial charge in [0.2, 0.25) is 5.91 Å². The smallest absolute Gasteiger partial charge is 0.246 e. The van der Waals surface area contributed by atoms with E-state index < -0.39 is 17.1 Å². The van der Waals surface area contributed by atoms with Gasteiger partial charge in [-0.1, -0.05) is 26.0 Å². The van der Waals surface area contributed by atoms with Crippen molar-refractivity contribution >= 4 is 12.0 Å². The molecule has 0 unspecified atom stereocenters. The van der Waals surface area contributed by atoms with Crippen LogP contribution >= 0.6 is 0 Å². The van der Waals surface area contributed by atoms with Crippen LogP contribution in [0.2, 0.25) is 0 Å². The van der Waals surface area contributed by atoms with Gasteiger partial charge in [-0.25, -0.2) is 0 Å². The fourth-order valence-electron chi connectivity index (χ4n) is 7.72. The molecule has 196 valence electrons. The van der Waals surface area contributed by atoms with E-state index in [4.69, 9.17) is 9.15 Å². The molecular weight excluding hydrogens is 468 g/mol. The molecule has 0 radical (unpaired) electrons. The Morgan fingerprint density at radius 1 is 1.32 bits per heavy atom. The normalized spacial score (nSPS) is 31.8. The molecule has 1 aromatic carbocycles. The topological polar surface area (TPSA) is 86.4 Å². The maximum atomic E-state index is 13.7. The summed E-state index contributed by atoms with van der Waals surface area (Å²) in [4.78, 5) is 17.9. The van der Waals surface area contributed by atoms with Crippen molar-refractivity contribution in [3.8, 4) is 11.5 Å². The molecule has 2 bridgehead atoms. The van der Waals surface area contributed by atoms with E-state index in [9.17, 15) is 15.0 Å². The van der Waals surface area contributed by atoms with Gasteiger partial charge in [0.1, 0.15) is 6.10 Å². The van der Waals surface area contributed by atoms with E-state index in [2.05, 4.69) is 25.3 Å². The van der Waals surface area contributed by atoms with Gasteiger partial charge in [0, 0.05) is 36.3 Å². The van der Waals surface area contributed by atoms with Crippen LogP contribution in [0.5, 0.6) is 11.5 Å². The number of phenolic OH excluding ortho intramolecular Hbond substituents is 1. The van der Waals surface area contributed by atoms with Gasteiger partial charge >= 0.3 is 0 Å². The van der Waals surface area contributed by atoms with E-state index in [1.165, 1.54) is 0 Å². The number of rotatable bonds is 7. The molecule has 3 heterocycles. The maximum Gasteiger partial charge on any atom is 0.246 e. The number of likely N-dealkylation sites (tertiary alicyclic amines) is 1. The van der Waals surface area contributed by atoms with Crippen LogP contribution in [0.3, 0.4) is 0 Å². The average Bonchev–Trinajstić information content (AvgIpc) is 3.50. The third-order valence-corrected chi connectivity index (χ3v) is 9.11. The van der Waals surface area contributed by atoms with Crippen molar-refractivity contribution in [3.63, 3.8) is 0 Å². The van der Waals surface area contributed by atoms with Gasteiger partial charge in [-0.3, -0.25) is 9.69 Å². The lowest BCUT2D eigenvalue weighted by Gasteiger charge is -2.64. The first-order valence-corrected chi connectivity index (χ1v) is 13.4. The molecule has 2 aliphatic carbocycles. The molecule has 4 aliphatic rings. The van der Waals surface area contributed by atoms with Crippen molar-refractivity contribution in [2.24, 2.45) is 5.92 Å². The molecule has 2 N–H and O–H groups in total. The molecule has 2 aliphatic heterocycles. The number of phenols is 1. The minimum atomic E-state index is -1.01. The predicted octanol–water partition coefficient (Wildman–Crippen LogP) is 3.89. The minimum absolute atomic E-state index is 0.0653. The lowest BCUT2D eigenvalue weighted by molar-refractivity contribution is -0.199. The Morgan fingerprint density at radius 3 is 2.89 bits per heavy atom. The summed E-state index contributed by atoms with van der Waals surface area (Å²) in [6, 6.07) is 5.22. The van der Waals surface area contributed by atoms with Crippen LogP contribution in [0.1, 0.15) is 49.8 Å². The Bertz CT molecular complexity index is 1240. The first-order chi connectivity index (χ1) is 17.8. The minimum Gasteiger partial charge on any atom is -0.504 e. The van der Waals surface area contributed by atoms with E-state index in [1.807, 2.05) is 23.1 Å². The Labute approximate surface area is 218 Å². The second-order valence-corrected chi connectivity index (χ2v) is 11.5. The molecule has 6 rings (SSSR count). The van der Waals surface area contributed by atoms with Gasteiger partial charge in [0.15, 0.2) is 11.5 Å². The molecule has 7 heteroatoms. The van der Waals surface area contributed by atoms with Crippen LogP contribution in [0, 0.1) is 5.92 Å². The monoisotopic (exact) mass is 504 g/mol. The van der Waals surface area contributed by atoms with Crippen LogP contribution in [0.15, 0.2) is 53.9 Å². The number of ether oxygens (including phenoxy) is 1. The van der Waals surface area contributed by atoms with Crippen LogP contribution in [-0.2, 0) is 16.6 Å². The molecule has 37 heavy (non-hydrogen) atoms. The Balaban J connectivity index is 1.44. The van der Waals surface area contributed by atoms with Crippen LogP contribution in [0.4, 0.5) is 0 Å². The number of furan rings is 1. The number of aliphatic hydroxyl groups is 1. The fraction of sp³-hybridized carbons (Fsp3) is 0.500. The van der Waals surface area contributed by atoms with Crippen molar-refractivity contribution in [3.05, 3.63) is 66.1 Å². The summed E-state index contributed by atoms with van der Waals surface area (Å²) >= 11 is 0. The number of piperidine rings is 1. The van der Waals surface area contributed by atoms with Gasteiger partial charge in [0.25, 0.3) is 0 Å². The number of hydrogen-bond donors (Lipinski definition) is 2. The summed E-state index contributed by atoms with van der Waals surface area (Å²) in [7, 11) is 0. The molecule has 2 aromatic rings. The standard InChI is InChI=1S/C30H36N2O5/c1-4-13-31-14-12-29-26-21-6-7-23(33)27(26)37-28(29)22(9-11-30(29,35)24(31)16-21)32(17-19(2)3)25(34)8-5-20-10-15-36-18-20/h4-8,10,15,18-19,22,24,28,33,35H,1,9,11-14,16-17H2,2-3H3/b8-5+/t22-,24+,28-,29-,30+/m0/s1. The average molecular weight is 505 g/mol. The van der Waals surface area contributed by atoms with E-state index in [0.717, 1.165) is 29.8 Å². The van der Waals surface area contributed by atoms with Gasteiger partial charge in [0.05, 0.1) is 29.6 Å². The number of carbonyl (C=O) groups is 1. The summed E-state index contributed by atoms with van der Waals surface area (Å²) in [6.45, 7) is 10.3. The number of carbonyl (C=O) groups excluding carboxylic acids is 1. The maximum absolute atomic E-state index is 13.7. The van der Waals surface area contributed by atoms with Crippen LogP contribution < -0.4 is 4.74 Å². The van der Waals surface area contributed by atoms with Crippen molar-refractivity contribution in [2.75, 3.05) is 19.6 Å². The number of nitrogens with zero attached hydrogens (tertiary/aromatic N) is 2. The Hall–Kier alpha value is -3.03. The Morgan fingerprint density at radius 2 is 2.16 bits per heavy atom. The van der Waals surface area contributed by atoms with Crippen molar-refractivity contribution in [2.45, 2.75) is 68.7 Å². The highest BCUT2D eigenvalue weighted by atomic mass is 16.5. The second kappa shape index (κ2) is 8.77. The summed E-state index contributed by atoms with van der Waals surface area (Å²) in [5.41, 5.74) is 1.23. The largest absolute Gasteiger partial charge is 0.504 e. The summed E-state index contributed by atoms with van der Waals surface area (Å²) in [6.07, 6.45) is 10.6. The van der Waals surface area contributed by atoms with Gasteiger partial charge in [-0.2, -0.15) is 0 Å². The highest BCUT2D eigenvalue weighted by molar-refractivity contribution is 5.92. The van der Waals surface area contributed by atoms with Crippen LogP contribution in [-0.4, -0.2) is 69.3 Å². The summed E-state index contributed by atoms with van der Waals surface area (Å²) in [5.74, 6) is 0.777. The zero-order chi connectivity index (χ0) is 25.9. The third kappa shape index (κ3) is 3.43. The number of hydrogen-bond acceptors (Lipinski definition) is 6. The fourth-order valence-corrected chi connectivity index (χ4v) is 7.72. The number of aromatic hydroxyl groups is 1. The molecule has 1 aromatic heterocycles. The highest BCUT2D eigenvalue weighted by Gasteiger charge is 2.73. The molecule has 1 spiro atoms. The first-order valence-electron chi connectivity index (χ1n) is 13.4. The quantitative estimate of drug-likeness (QED) is 0.440. The molecule has 5 atom stereocenters. The summed E-state index contributed by atoms with van der Waals surface area (Å²) < 4.78 is 11.8. The summed E-state index contributed by atoms with van der Waals surface area (Å²) in [5, 5.41) is 23.4. The number of amides is 1. The molecule has 7 nitrogen and oxygen atoms in total. The zero-order valence-electron chi connectivity index (χ0n) is 21.6. The second-order valence-electron chi connectivity index (χ2n) is 11.5. The lowest BCUT2D eigenvalue weighted by Crippen LogP contribution is -2.78. The van der Waals surface area contributed by atoms with E-state index in [1.54, 1.807) is 30.7 Å². The van der Waals surface area contributed by atoms with E-state index >= 15 is 0 Å². The van der Waals surface area contributed by atoms with Gasteiger partial charge in [-0.15, -0.1) is 6.58 Å². The highest BCUT2D eigenvalue weighted by Crippen LogP contribution is 2.65. The van der Waals surface area contributed by atoms with Crippen molar-refractivity contribution in [1.82, 2.24) is 9.80 Å². The van der Waals surface area contributed by atoms with Crippen molar-refractivity contribution in [1.29, 1.82) is 0 Å². The third-order valence-electron chi connectivity index (χ3n) is 9.11. The zero-order valence-corrected chi connectivity index (χ0v) is 21.6. The first kappa shape index (κ1) is 24.3. The Kier molecular flexibility index (Phi) is 5.77.